The molecule has 0 saturated heterocycles. The molecule has 0 aliphatic rings. The van der Waals surface area contributed by atoms with Crippen LogP contribution in [0.1, 0.15) is 23.9 Å². The van der Waals surface area contributed by atoms with E-state index in [-0.39, 0.29) is 28.5 Å². The number of benzene rings is 3. The predicted molar refractivity (Wildman–Crippen MR) is 171 cm³/mol. The highest BCUT2D eigenvalue weighted by atomic mass is 32.2. The van der Waals surface area contributed by atoms with Gasteiger partial charge in [0.1, 0.15) is 29.6 Å². The van der Waals surface area contributed by atoms with Crippen molar-refractivity contribution in [1.82, 2.24) is 19.9 Å². The van der Waals surface area contributed by atoms with Crippen LogP contribution in [0.25, 0.3) is 21.9 Å². The van der Waals surface area contributed by atoms with Crippen molar-refractivity contribution in [2.24, 2.45) is 12.8 Å². The van der Waals surface area contributed by atoms with Gasteiger partial charge in [-0.05, 0) is 49.2 Å². The number of pyridine rings is 1. The highest BCUT2D eigenvalue weighted by molar-refractivity contribution is 7.93. The third kappa shape index (κ3) is 6.78. The third-order valence-electron chi connectivity index (χ3n) is 7.33. The number of sulfonamides is 1. The lowest BCUT2D eigenvalue weighted by molar-refractivity contribution is -0.143. The molecule has 0 aliphatic carbocycles. The number of anilines is 1. The molecule has 0 bridgehead atoms. The van der Waals surface area contributed by atoms with Crippen molar-refractivity contribution in [2.45, 2.75) is 24.7 Å². The molecular formula is C32H33N7O5S. The molecule has 0 spiro atoms. The Kier molecular flexibility index (Phi) is 9.09. The molecule has 0 aliphatic heterocycles. The first-order valence-corrected chi connectivity index (χ1v) is 15.7. The number of amides is 1. The Labute approximate surface area is 260 Å². The van der Waals surface area contributed by atoms with Crippen LogP contribution >= 0.6 is 0 Å². The van der Waals surface area contributed by atoms with Gasteiger partial charge >= 0.3 is 5.97 Å². The molecule has 5 rings (SSSR count). The lowest BCUT2D eigenvalue weighted by Gasteiger charge is -2.24. The molecule has 3 aromatic carbocycles. The van der Waals surface area contributed by atoms with Crippen molar-refractivity contribution >= 4 is 55.4 Å². The lowest BCUT2D eigenvalue weighted by Crippen LogP contribution is -2.42. The highest BCUT2D eigenvalue weighted by Crippen LogP contribution is 2.30. The summed E-state index contributed by atoms with van der Waals surface area (Å²) in [5, 5.41) is 10.7. The number of hydrogen-bond acceptors (Lipinski definition) is 8. The number of esters is 1. The van der Waals surface area contributed by atoms with Crippen LogP contribution in [-0.4, -0.2) is 60.4 Å². The second-order valence-electron chi connectivity index (χ2n) is 10.3. The van der Waals surface area contributed by atoms with E-state index in [0.29, 0.717) is 29.3 Å². The van der Waals surface area contributed by atoms with Crippen LogP contribution in [0.2, 0.25) is 0 Å². The van der Waals surface area contributed by atoms with Gasteiger partial charge in [0, 0.05) is 30.6 Å². The molecular weight excluding hydrogens is 594 g/mol. The third-order valence-corrected chi connectivity index (χ3v) is 9.14. The van der Waals surface area contributed by atoms with Crippen molar-refractivity contribution < 1.29 is 22.7 Å². The molecule has 1 amide bonds. The number of carbonyl (C=O) groups excluding carboxylic acids is 2. The number of amidine groups is 1. The Bertz CT molecular complexity index is 2000. The molecule has 45 heavy (non-hydrogen) atoms. The molecule has 2 aromatic heterocycles. The van der Waals surface area contributed by atoms with Crippen LogP contribution in [0.3, 0.4) is 0 Å². The number of rotatable bonds is 12. The Morgan fingerprint density at radius 1 is 1.04 bits per heavy atom. The molecule has 5 aromatic rings. The fraction of sp³-hybridized carbons (Fsp3) is 0.219. The first-order valence-electron chi connectivity index (χ1n) is 14.3. The van der Waals surface area contributed by atoms with Crippen LogP contribution in [0.4, 0.5) is 5.69 Å². The number of nitrogens with two attached hydrogens (primary N) is 1. The van der Waals surface area contributed by atoms with Gasteiger partial charge in [-0.1, -0.05) is 42.5 Å². The van der Waals surface area contributed by atoms with Crippen LogP contribution < -0.4 is 15.4 Å². The molecule has 13 heteroatoms. The van der Waals surface area contributed by atoms with Crippen LogP contribution in [0, 0.1) is 5.41 Å². The molecule has 4 N–H and O–H groups in total. The second kappa shape index (κ2) is 13.1. The first kappa shape index (κ1) is 31.1. The standard InChI is InChI=1S/C32H33N7O5S/c1-3-44-30(41)19-36-29(40)20-39(45(42,43)27-8-4-6-22-7-5-17-35-31(22)27)24-14-15-26-25(18-24)37-28(38(26)2)16-11-21-9-12-23(13-10-21)32(33)34/h4-10,12-15,17-18H,3,11,16,19-20H2,1-2H3,(H3,33,34)(H,36,40). The summed E-state index contributed by atoms with van der Waals surface area (Å²) in [5.41, 5.74) is 9.12. The topological polar surface area (TPSA) is 173 Å². The number of nitrogens with zero attached hydrogens (tertiary/aromatic N) is 4. The monoisotopic (exact) mass is 627 g/mol. The number of hydrogen-bond donors (Lipinski definition) is 3. The summed E-state index contributed by atoms with van der Waals surface area (Å²) in [5.74, 6) is -0.511. The number of para-hydroxylation sites is 1. The number of aryl methyl sites for hydroxylation is 3. The van der Waals surface area contributed by atoms with E-state index >= 15 is 0 Å². The summed E-state index contributed by atoms with van der Waals surface area (Å²) in [6.45, 7) is 0.822. The van der Waals surface area contributed by atoms with Crippen LogP contribution in [0.15, 0.2) is 83.9 Å². The maximum atomic E-state index is 14.2. The SMILES string of the molecule is CCOC(=O)CNC(=O)CN(c1ccc2c(c1)nc(CCc1ccc(C(=N)N)cc1)n2C)S(=O)(=O)c1cccc2cccnc12. The Hall–Kier alpha value is -5.30. The largest absolute Gasteiger partial charge is 0.465 e. The number of ether oxygens (including phenoxy) is 1. The zero-order valence-electron chi connectivity index (χ0n) is 24.9. The van der Waals surface area contributed by atoms with Crippen molar-refractivity contribution in [3.8, 4) is 0 Å². The zero-order valence-corrected chi connectivity index (χ0v) is 25.7. The maximum absolute atomic E-state index is 14.2. The molecule has 12 nitrogen and oxygen atoms in total. The van der Waals surface area contributed by atoms with E-state index in [0.717, 1.165) is 21.2 Å². The van der Waals surface area contributed by atoms with E-state index < -0.39 is 35.0 Å². The van der Waals surface area contributed by atoms with Crippen molar-refractivity contribution in [3.63, 3.8) is 0 Å². The second-order valence-corrected chi connectivity index (χ2v) is 12.1. The molecule has 0 unspecified atom stereocenters. The molecule has 0 radical (unpaired) electrons. The number of imidazole rings is 1. The van der Waals surface area contributed by atoms with Crippen molar-refractivity contribution in [1.29, 1.82) is 5.41 Å². The summed E-state index contributed by atoms with van der Waals surface area (Å²) in [6.07, 6.45) is 2.81. The molecule has 232 valence electrons. The molecule has 0 saturated carbocycles. The smallest absolute Gasteiger partial charge is 0.325 e. The van der Waals surface area contributed by atoms with Gasteiger partial charge in [0.05, 0.1) is 28.8 Å². The summed E-state index contributed by atoms with van der Waals surface area (Å²) in [6, 6.07) is 20.8. The van der Waals surface area contributed by atoms with E-state index in [1.54, 1.807) is 49.4 Å². The van der Waals surface area contributed by atoms with Gasteiger partial charge in [-0.25, -0.2) is 13.4 Å². The Morgan fingerprint density at radius 2 is 1.80 bits per heavy atom. The summed E-state index contributed by atoms with van der Waals surface area (Å²) >= 11 is 0. The zero-order chi connectivity index (χ0) is 32.1. The van der Waals surface area contributed by atoms with Gasteiger partial charge in [-0.15, -0.1) is 0 Å². The average molecular weight is 628 g/mol. The fourth-order valence-corrected chi connectivity index (χ4v) is 6.59. The predicted octanol–water partition coefficient (Wildman–Crippen LogP) is 3.07. The van der Waals surface area contributed by atoms with E-state index in [2.05, 4.69) is 10.3 Å². The Balaban J connectivity index is 1.48. The van der Waals surface area contributed by atoms with Crippen LogP contribution in [-0.2, 0) is 44.2 Å². The van der Waals surface area contributed by atoms with E-state index in [9.17, 15) is 18.0 Å². The van der Waals surface area contributed by atoms with Gasteiger partial charge in [-0.2, -0.15) is 0 Å². The van der Waals surface area contributed by atoms with E-state index in [1.807, 2.05) is 35.9 Å². The molecule has 0 fully saturated rings. The maximum Gasteiger partial charge on any atom is 0.325 e. The Morgan fingerprint density at radius 3 is 2.53 bits per heavy atom. The quantitative estimate of drug-likeness (QED) is 0.108. The minimum atomic E-state index is -4.32. The number of nitrogen functional groups attached to an aromatic ring is 1. The summed E-state index contributed by atoms with van der Waals surface area (Å²) in [4.78, 5) is 33.9. The molecule has 2 heterocycles. The minimum absolute atomic E-state index is 0.0111. The highest BCUT2D eigenvalue weighted by Gasteiger charge is 2.30. The number of fused-ring (bicyclic) bond motifs is 2. The summed E-state index contributed by atoms with van der Waals surface area (Å²) in [7, 11) is -2.43. The van der Waals surface area contributed by atoms with Gasteiger partial charge in [0.15, 0.2) is 0 Å². The van der Waals surface area contributed by atoms with Gasteiger partial charge < -0.3 is 20.4 Å². The average Bonchev–Trinajstić information content (AvgIpc) is 3.35. The molecule has 0 atom stereocenters. The minimum Gasteiger partial charge on any atom is -0.465 e. The number of carbonyl (C=O) groups is 2. The van der Waals surface area contributed by atoms with Crippen LogP contribution in [0.5, 0.6) is 0 Å². The first-order chi connectivity index (χ1) is 21.6. The fourth-order valence-electron chi connectivity index (χ4n) is 5.01. The van der Waals surface area contributed by atoms with Crippen molar-refractivity contribution in [2.75, 3.05) is 24.0 Å². The lowest BCUT2D eigenvalue weighted by atomic mass is 10.1. The summed E-state index contributed by atoms with van der Waals surface area (Å²) < 4.78 is 36.3. The number of nitrogens with one attached hydrogen (secondary N) is 2. The van der Waals surface area contributed by atoms with E-state index in [1.165, 1.54) is 12.3 Å². The van der Waals surface area contributed by atoms with Gasteiger partial charge in [0.2, 0.25) is 5.91 Å². The van der Waals surface area contributed by atoms with Crippen molar-refractivity contribution in [3.05, 3.63) is 95.9 Å². The number of aromatic nitrogens is 3. The normalized spacial score (nSPS) is 11.4. The van der Waals surface area contributed by atoms with Gasteiger partial charge in [0.25, 0.3) is 10.0 Å². The van der Waals surface area contributed by atoms with E-state index in [4.69, 9.17) is 20.9 Å². The van der Waals surface area contributed by atoms with Gasteiger partial charge in [-0.3, -0.25) is 24.3 Å².